The van der Waals surface area contributed by atoms with Crippen molar-refractivity contribution in [1.82, 2.24) is 0 Å². The molecule has 6 saturated heterocycles. The molecule has 6 rings (SSSR count). The molecule has 6 aliphatic heterocycles. The summed E-state index contributed by atoms with van der Waals surface area (Å²) in [5.41, 5.74) is 0. The molecule has 0 radical (unpaired) electrons. The van der Waals surface area contributed by atoms with Crippen LogP contribution in [0.15, 0.2) is 0 Å². The van der Waals surface area contributed by atoms with E-state index in [1.165, 1.54) is 0 Å². The van der Waals surface area contributed by atoms with Crippen molar-refractivity contribution in [1.29, 1.82) is 0 Å². The van der Waals surface area contributed by atoms with E-state index in [0.717, 1.165) is 0 Å². The molecular formula is C30H40O15. The van der Waals surface area contributed by atoms with E-state index in [1.54, 1.807) is 0 Å². The van der Waals surface area contributed by atoms with Crippen LogP contribution in [0, 0.1) is 0 Å². The molecule has 0 spiro atoms. The Morgan fingerprint density at radius 1 is 0.289 bits per heavy atom. The molecule has 250 valence electrons. The van der Waals surface area contributed by atoms with Crippen molar-refractivity contribution in [2.75, 3.05) is 0 Å². The molecule has 0 aromatic heterocycles. The number of fused-ring (bicyclic) bond motifs is 10. The molecule has 0 amide bonds. The molecule has 0 saturated carbocycles. The Morgan fingerprint density at radius 2 is 0.467 bits per heavy atom. The Hall–Kier alpha value is -2.85. The van der Waals surface area contributed by atoms with Crippen molar-refractivity contribution in [2.45, 2.75) is 158 Å². The Balaban J connectivity index is 1.15. The van der Waals surface area contributed by atoms with Crippen LogP contribution in [0.2, 0.25) is 0 Å². The normalized spacial score (nSPS) is 40.7. The maximum Gasteiger partial charge on any atom is 0.337 e. The van der Waals surface area contributed by atoms with Gasteiger partial charge in [0.05, 0.1) is 0 Å². The lowest BCUT2D eigenvalue weighted by Gasteiger charge is -2.33. The van der Waals surface area contributed by atoms with E-state index in [9.17, 15) is 24.0 Å². The number of hydrogen-bond donors (Lipinski definition) is 0. The summed E-state index contributed by atoms with van der Waals surface area (Å²) in [6.07, 6.45) is -3.52. The van der Waals surface area contributed by atoms with Crippen LogP contribution in [0.1, 0.15) is 96.3 Å². The van der Waals surface area contributed by atoms with Crippen molar-refractivity contribution in [3.8, 4) is 0 Å². The highest BCUT2D eigenvalue weighted by molar-refractivity contribution is 5.78. The summed E-state index contributed by atoms with van der Waals surface area (Å²) < 4.78 is 56.4. The van der Waals surface area contributed by atoms with E-state index in [4.69, 9.17) is 47.4 Å². The highest BCUT2D eigenvalue weighted by atomic mass is 16.8. The van der Waals surface area contributed by atoms with Crippen LogP contribution in [0.3, 0.4) is 0 Å². The maximum atomic E-state index is 12.9. The van der Waals surface area contributed by atoms with Crippen molar-refractivity contribution >= 4 is 29.8 Å². The number of hydrogen-bond acceptors (Lipinski definition) is 15. The fourth-order valence-electron chi connectivity index (χ4n) is 6.27. The first-order valence-corrected chi connectivity index (χ1v) is 16.1. The Morgan fingerprint density at radius 3 is 0.644 bits per heavy atom. The molecule has 6 aliphatic rings. The molecule has 15 nitrogen and oxygen atoms in total. The first-order chi connectivity index (χ1) is 21.8. The first-order valence-electron chi connectivity index (χ1n) is 16.1. The summed E-state index contributed by atoms with van der Waals surface area (Å²) in [6, 6.07) is 0. The highest BCUT2D eigenvalue weighted by Crippen LogP contribution is 2.30. The fraction of sp³-hybridized carbons (Fsp3) is 0.833. The number of ether oxygens (including phenoxy) is 10. The lowest BCUT2D eigenvalue weighted by Crippen LogP contribution is -2.44. The van der Waals surface area contributed by atoms with Crippen LogP contribution < -0.4 is 0 Å². The van der Waals surface area contributed by atoms with Crippen LogP contribution in [-0.2, 0) is 71.3 Å². The van der Waals surface area contributed by atoms with Crippen molar-refractivity contribution in [3.05, 3.63) is 0 Å². The van der Waals surface area contributed by atoms with E-state index >= 15 is 0 Å². The quantitative estimate of drug-likeness (QED) is 0.278. The third-order valence-electron chi connectivity index (χ3n) is 8.66. The van der Waals surface area contributed by atoms with Crippen LogP contribution in [0.25, 0.3) is 0 Å². The van der Waals surface area contributed by atoms with Crippen LogP contribution in [-0.4, -0.2) is 91.8 Å². The smallest absolute Gasteiger partial charge is 0.337 e. The van der Waals surface area contributed by atoms with E-state index in [1.807, 2.05) is 0 Å². The third kappa shape index (κ3) is 8.30. The minimum Gasteiger partial charge on any atom is -0.434 e. The Kier molecular flexibility index (Phi) is 10.5. The molecule has 0 aromatic rings. The number of esters is 5. The Bertz CT molecular complexity index is 914. The molecule has 15 heteroatoms. The second-order valence-electron chi connectivity index (χ2n) is 12.1. The van der Waals surface area contributed by atoms with Gasteiger partial charge < -0.3 is 47.4 Å². The van der Waals surface area contributed by atoms with E-state index in [-0.39, 0.29) is 0 Å². The Labute approximate surface area is 259 Å². The van der Waals surface area contributed by atoms with E-state index < -0.39 is 91.8 Å². The summed E-state index contributed by atoms with van der Waals surface area (Å²) >= 11 is 0. The number of rotatable bonds is 0. The lowest BCUT2D eigenvalue weighted by atomic mass is 10.1. The number of carbonyl (C=O) groups excluding carboxylic acids is 5. The van der Waals surface area contributed by atoms with E-state index in [2.05, 4.69) is 0 Å². The molecule has 0 aliphatic carbocycles. The molecule has 6 fully saturated rings. The minimum absolute atomic E-state index is 0.357. The monoisotopic (exact) mass is 640 g/mol. The molecule has 0 aromatic carbocycles. The average molecular weight is 641 g/mol. The zero-order valence-electron chi connectivity index (χ0n) is 25.0. The lowest BCUT2D eigenvalue weighted by molar-refractivity contribution is -0.248. The molecular weight excluding hydrogens is 600 g/mol. The minimum atomic E-state index is -0.991. The molecule has 6 heterocycles. The second-order valence-corrected chi connectivity index (χ2v) is 12.1. The summed E-state index contributed by atoms with van der Waals surface area (Å²) in [5.74, 6) is -3.45. The first kappa shape index (κ1) is 32.1. The SMILES string of the molecule is O=C1OC2CCCC(O2)C(=O)OC2CCCC(O2)C(=O)OC2CCCC(O2)C(=O)OC2CCCC(O2)C(=O)OC2CCCC1O2. The highest BCUT2D eigenvalue weighted by Gasteiger charge is 2.41. The summed E-state index contributed by atoms with van der Waals surface area (Å²) in [5, 5.41) is 0. The largest absolute Gasteiger partial charge is 0.434 e. The van der Waals surface area contributed by atoms with Crippen molar-refractivity contribution in [2.24, 2.45) is 0 Å². The zero-order chi connectivity index (χ0) is 31.3. The van der Waals surface area contributed by atoms with Gasteiger partial charge in [-0.05, 0) is 64.2 Å². The second kappa shape index (κ2) is 14.7. The molecule has 10 unspecified atom stereocenters. The molecule has 10 atom stereocenters. The zero-order valence-corrected chi connectivity index (χ0v) is 25.0. The van der Waals surface area contributed by atoms with Gasteiger partial charge in [-0.15, -0.1) is 0 Å². The standard InChI is InChI=1S/C30H40O15/c31-26-16-6-1-11-21(36-16)41-27(32)17-7-2-13-23(37-17)43-29(34)19-9-4-15-25(39-19)45-30(35)20-10-5-14-24(40-20)44-28(33)18-8-3-12-22(38-18)42-26/h16-25H,1-15H2. The predicted octanol–water partition coefficient (Wildman–Crippen LogP) is 2.19. The fourth-order valence-corrected chi connectivity index (χ4v) is 6.27. The molecule has 45 heavy (non-hydrogen) atoms. The van der Waals surface area contributed by atoms with Gasteiger partial charge in [-0.25, -0.2) is 24.0 Å². The van der Waals surface area contributed by atoms with Gasteiger partial charge in [-0.1, -0.05) is 0 Å². The van der Waals surface area contributed by atoms with Gasteiger partial charge in [0, 0.05) is 32.1 Å². The van der Waals surface area contributed by atoms with Gasteiger partial charge in [0.2, 0.25) is 31.5 Å². The van der Waals surface area contributed by atoms with E-state index in [0.29, 0.717) is 96.3 Å². The summed E-state index contributed by atoms with van der Waals surface area (Å²) in [7, 11) is 0. The van der Waals surface area contributed by atoms with Gasteiger partial charge in [-0.2, -0.15) is 0 Å². The predicted molar refractivity (Wildman–Crippen MR) is 143 cm³/mol. The van der Waals surface area contributed by atoms with Gasteiger partial charge in [-0.3, -0.25) is 0 Å². The van der Waals surface area contributed by atoms with Crippen LogP contribution in [0.4, 0.5) is 0 Å². The van der Waals surface area contributed by atoms with Gasteiger partial charge in [0.15, 0.2) is 30.5 Å². The third-order valence-corrected chi connectivity index (χ3v) is 8.66. The summed E-state index contributed by atoms with van der Waals surface area (Å²) in [4.78, 5) is 64.7. The average Bonchev–Trinajstić information content (AvgIpc) is 3.05. The maximum absolute atomic E-state index is 12.9. The summed E-state index contributed by atoms with van der Waals surface area (Å²) in [6.45, 7) is 0. The van der Waals surface area contributed by atoms with Crippen LogP contribution >= 0.6 is 0 Å². The molecule has 0 N–H and O–H groups in total. The topological polar surface area (TPSA) is 178 Å². The van der Waals surface area contributed by atoms with Crippen molar-refractivity contribution in [3.63, 3.8) is 0 Å². The van der Waals surface area contributed by atoms with Gasteiger partial charge in [0.25, 0.3) is 0 Å². The molecule has 10 bridgehead atoms. The van der Waals surface area contributed by atoms with Gasteiger partial charge in [0.1, 0.15) is 0 Å². The van der Waals surface area contributed by atoms with Crippen LogP contribution in [0.5, 0.6) is 0 Å². The van der Waals surface area contributed by atoms with Gasteiger partial charge >= 0.3 is 29.8 Å². The number of carbonyl (C=O) groups is 5. The van der Waals surface area contributed by atoms with Crippen molar-refractivity contribution < 1.29 is 71.3 Å².